The summed E-state index contributed by atoms with van der Waals surface area (Å²) in [6, 6.07) is 0. The van der Waals surface area contributed by atoms with E-state index in [1.165, 1.54) is 0 Å². The van der Waals surface area contributed by atoms with Gasteiger partial charge >= 0.3 is 25.6 Å². The second kappa shape index (κ2) is 7.29. The molecular formula is C12H17F8O3P. The van der Waals surface area contributed by atoms with Crippen LogP contribution in [0.1, 0.15) is 34.6 Å². The third-order valence-corrected chi connectivity index (χ3v) is 4.74. The molecule has 0 aliphatic carbocycles. The molecule has 3 nitrogen and oxygen atoms in total. The lowest BCUT2D eigenvalue weighted by Gasteiger charge is -2.32. The molecule has 24 heavy (non-hydrogen) atoms. The first-order valence-corrected chi connectivity index (χ1v) is 8.11. The summed E-state index contributed by atoms with van der Waals surface area (Å²) < 4.78 is 126. The van der Waals surface area contributed by atoms with Crippen LogP contribution in [-0.2, 0) is 13.6 Å². The Hall–Kier alpha value is -0.670. The minimum Gasteiger partial charge on any atom is -0.301 e. The fourth-order valence-electron chi connectivity index (χ4n) is 1.60. The molecule has 0 aromatic rings. The van der Waals surface area contributed by atoms with E-state index in [9.17, 15) is 39.7 Å². The van der Waals surface area contributed by atoms with Gasteiger partial charge in [-0.25, -0.2) is 0 Å². The zero-order valence-corrected chi connectivity index (χ0v) is 14.2. The molecule has 0 atom stereocenters. The molecule has 0 aromatic heterocycles. The van der Waals surface area contributed by atoms with E-state index in [4.69, 9.17) is 0 Å². The standard InChI is InChI=1S/C12H17F8O3P/c1-6(2)22-24(21,23-7(3)4)12(19,20)9(11(16,17)18)8(5)10(13,14)15/h6-7H,1-5H3/b9-8+. The van der Waals surface area contributed by atoms with E-state index in [2.05, 4.69) is 9.05 Å². The first kappa shape index (κ1) is 23.3. The smallest absolute Gasteiger partial charge is 0.301 e. The predicted molar refractivity (Wildman–Crippen MR) is 69.8 cm³/mol. The summed E-state index contributed by atoms with van der Waals surface area (Å²) in [7, 11) is -5.92. The van der Waals surface area contributed by atoms with Crippen LogP contribution >= 0.6 is 7.60 Å². The predicted octanol–water partition coefficient (Wildman–Crippen LogP) is 6.06. The number of allylic oxidation sites excluding steroid dienone is 2. The molecule has 12 heteroatoms. The molecule has 0 rings (SSSR count). The van der Waals surface area contributed by atoms with Crippen molar-refractivity contribution in [2.75, 3.05) is 0 Å². The number of halogens is 8. The van der Waals surface area contributed by atoms with Gasteiger partial charge in [-0.15, -0.1) is 0 Å². The fraction of sp³-hybridized carbons (Fsp3) is 0.833. The quantitative estimate of drug-likeness (QED) is 0.313. The lowest BCUT2D eigenvalue weighted by molar-refractivity contribution is -0.136. The van der Waals surface area contributed by atoms with Gasteiger partial charge in [0.2, 0.25) is 0 Å². The van der Waals surface area contributed by atoms with Crippen LogP contribution in [0.25, 0.3) is 0 Å². The first-order chi connectivity index (χ1) is 10.4. The highest BCUT2D eigenvalue weighted by molar-refractivity contribution is 7.55. The van der Waals surface area contributed by atoms with E-state index in [0.29, 0.717) is 0 Å². The van der Waals surface area contributed by atoms with Crippen LogP contribution in [0.5, 0.6) is 0 Å². The van der Waals surface area contributed by atoms with Crippen molar-refractivity contribution in [3.63, 3.8) is 0 Å². The summed E-state index contributed by atoms with van der Waals surface area (Å²) in [5, 5.41) is 0. The van der Waals surface area contributed by atoms with Crippen molar-refractivity contribution in [3.05, 3.63) is 11.1 Å². The molecule has 0 saturated carbocycles. The SMILES string of the molecule is C/C(=C(/C(F)(F)F)C(F)(F)P(=O)(OC(C)C)OC(C)C)C(F)(F)F. The topological polar surface area (TPSA) is 35.5 Å². The number of rotatable bonds is 6. The van der Waals surface area contributed by atoms with E-state index in [-0.39, 0.29) is 6.92 Å². The van der Waals surface area contributed by atoms with Crippen molar-refractivity contribution in [2.24, 2.45) is 0 Å². The van der Waals surface area contributed by atoms with E-state index in [1.54, 1.807) is 0 Å². The Bertz CT molecular complexity index is 505. The molecule has 0 N–H and O–H groups in total. The van der Waals surface area contributed by atoms with Gasteiger partial charge in [0.15, 0.2) is 0 Å². The Morgan fingerprint density at radius 1 is 0.792 bits per heavy atom. The minimum absolute atomic E-state index is 0.175. The highest BCUT2D eigenvalue weighted by atomic mass is 31.2. The molecule has 144 valence electrons. The molecule has 0 fully saturated rings. The maximum atomic E-state index is 14.3. The van der Waals surface area contributed by atoms with Crippen LogP contribution in [0.15, 0.2) is 11.1 Å². The average molecular weight is 392 g/mol. The van der Waals surface area contributed by atoms with Crippen LogP contribution in [0.4, 0.5) is 35.1 Å². The van der Waals surface area contributed by atoms with Crippen molar-refractivity contribution >= 4 is 7.60 Å². The third kappa shape index (κ3) is 5.42. The lowest BCUT2D eigenvalue weighted by Crippen LogP contribution is -2.36. The Morgan fingerprint density at radius 3 is 1.33 bits per heavy atom. The summed E-state index contributed by atoms with van der Waals surface area (Å²) >= 11 is 0. The molecule has 0 bridgehead atoms. The van der Waals surface area contributed by atoms with Gasteiger partial charge < -0.3 is 9.05 Å². The molecule has 0 unspecified atom stereocenters. The number of alkyl halides is 8. The van der Waals surface area contributed by atoms with Gasteiger partial charge in [0, 0.05) is 5.57 Å². The monoisotopic (exact) mass is 392 g/mol. The van der Waals surface area contributed by atoms with E-state index in [1.807, 2.05) is 0 Å². The largest absolute Gasteiger partial charge is 0.419 e. The van der Waals surface area contributed by atoms with Gasteiger partial charge in [-0.2, -0.15) is 35.1 Å². The molecule has 0 saturated heterocycles. The van der Waals surface area contributed by atoms with Crippen LogP contribution in [0.3, 0.4) is 0 Å². The molecule has 0 spiro atoms. The van der Waals surface area contributed by atoms with Crippen molar-refractivity contribution < 1.29 is 48.7 Å². The highest BCUT2D eigenvalue weighted by Gasteiger charge is 2.66. The minimum atomic E-state index is -6.11. The van der Waals surface area contributed by atoms with E-state index in [0.717, 1.165) is 27.7 Å². The molecule has 0 radical (unpaired) electrons. The lowest BCUT2D eigenvalue weighted by atomic mass is 10.1. The molecule has 0 amide bonds. The van der Waals surface area contributed by atoms with Gasteiger partial charge in [-0.1, -0.05) is 0 Å². The van der Waals surface area contributed by atoms with Gasteiger partial charge in [-0.3, -0.25) is 4.57 Å². The Balaban J connectivity index is 6.58. The summed E-state index contributed by atoms with van der Waals surface area (Å²) in [5.41, 5.74) is -11.5. The van der Waals surface area contributed by atoms with Crippen molar-refractivity contribution in [1.29, 1.82) is 0 Å². The highest BCUT2D eigenvalue weighted by Crippen LogP contribution is 2.68. The average Bonchev–Trinajstić information content (AvgIpc) is 2.21. The van der Waals surface area contributed by atoms with Crippen LogP contribution < -0.4 is 0 Å². The van der Waals surface area contributed by atoms with Crippen LogP contribution in [0, 0.1) is 0 Å². The Morgan fingerprint density at radius 2 is 1.12 bits per heavy atom. The van der Waals surface area contributed by atoms with Gasteiger partial charge in [-0.05, 0) is 34.6 Å². The van der Waals surface area contributed by atoms with E-state index < -0.39 is 49.0 Å². The number of hydrogen-bond donors (Lipinski definition) is 0. The summed E-state index contributed by atoms with van der Waals surface area (Å²) in [4.78, 5) is 0. The normalized spacial score (nSPS) is 16.0. The van der Waals surface area contributed by atoms with E-state index >= 15 is 0 Å². The fourth-order valence-corrected chi connectivity index (χ4v) is 3.59. The zero-order valence-electron chi connectivity index (χ0n) is 13.4. The molecular weight excluding hydrogens is 375 g/mol. The van der Waals surface area contributed by atoms with Crippen molar-refractivity contribution in [3.8, 4) is 0 Å². The second-order valence-corrected chi connectivity index (χ2v) is 7.32. The van der Waals surface area contributed by atoms with Gasteiger partial charge in [0.25, 0.3) is 0 Å². The summed E-state index contributed by atoms with van der Waals surface area (Å²) in [5.74, 6) is 0. The van der Waals surface area contributed by atoms with Crippen LogP contribution in [-0.4, -0.2) is 30.2 Å². The first-order valence-electron chi connectivity index (χ1n) is 6.56. The molecule has 0 heterocycles. The van der Waals surface area contributed by atoms with Crippen LogP contribution in [0.2, 0.25) is 0 Å². The second-order valence-electron chi connectivity index (χ2n) is 5.34. The maximum absolute atomic E-state index is 14.3. The molecule has 0 aliphatic rings. The molecule has 0 aliphatic heterocycles. The van der Waals surface area contributed by atoms with Gasteiger partial charge in [0.1, 0.15) is 5.57 Å². The van der Waals surface area contributed by atoms with Crippen molar-refractivity contribution in [2.45, 2.75) is 64.8 Å². The number of hydrogen-bond acceptors (Lipinski definition) is 3. The Kier molecular flexibility index (Phi) is 7.09. The van der Waals surface area contributed by atoms with Crippen molar-refractivity contribution in [1.82, 2.24) is 0 Å². The summed E-state index contributed by atoms with van der Waals surface area (Å²) in [6.07, 6.45) is -14.4. The maximum Gasteiger partial charge on any atom is 0.419 e. The third-order valence-electron chi connectivity index (χ3n) is 2.43. The summed E-state index contributed by atoms with van der Waals surface area (Å²) in [6.45, 7) is 4.10. The Labute approximate surface area is 133 Å². The zero-order chi connectivity index (χ0) is 19.7. The molecule has 0 aromatic carbocycles. The van der Waals surface area contributed by atoms with Gasteiger partial charge in [0.05, 0.1) is 12.2 Å².